The number of rotatable bonds is 8. The van der Waals surface area contributed by atoms with Crippen LogP contribution in [0.1, 0.15) is 31.4 Å². The summed E-state index contributed by atoms with van der Waals surface area (Å²) in [5.74, 6) is 6.87. The van der Waals surface area contributed by atoms with Crippen LogP contribution < -0.4 is 11.2 Å². The van der Waals surface area contributed by atoms with Crippen molar-refractivity contribution in [1.29, 1.82) is 0 Å². The van der Waals surface area contributed by atoms with E-state index in [1.165, 1.54) is 16.4 Å². The maximum Gasteiger partial charge on any atom is 0.230 e. The van der Waals surface area contributed by atoms with Gasteiger partial charge in [-0.15, -0.1) is 21.5 Å². The molecule has 0 fully saturated rings. The van der Waals surface area contributed by atoms with Gasteiger partial charge in [0.15, 0.2) is 5.82 Å². The summed E-state index contributed by atoms with van der Waals surface area (Å²) in [7, 11) is 0. The minimum atomic E-state index is -0.0435. The minimum absolute atomic E-state index is 0.0201. The van der Waals surface area contributed by atoms with Gasteiger partial charge in [-0.3, -0.25) is 4.79 Å². The van der Waals surface area contributed by atoms with Crippen LogP contribution in [0.25, 0.3) is 10.7 Å². The molecule has 6 nitrogen and oxygen atoms in total. The van der Waals surface area contributed by atoms with Gasteiger partial charge >= 0.3 is 0 Å². The smallest absolute Gasteiger partial charge is 0.230 e. The Hall–Kier alpha value is -2.32. The molecule has 0 radical (unpaired) electrons. The summed E-state index contributed by atoms with van der Waals surface area (Å²) in [6, 6.07) is 13.9. The van der Waals surface area contributed by atoms with Crippen LogP contribution in [-0.2, 0) is 4.79 Å². The second-order valence-electron chi connectivity index (χ2n) is 5.76. The SMILES string of the molecule is CCC[C@@H](NC(=O)CSc1nnc(-c2cccs2)n1N)c1ccccc1. The summed E-state index contributed by atoms with van der Waals surface area (Å²) >= 11 is 2.83. The maximum atomic E-state index is 12.4. The molecule has 0 aliphatic rings. The average Bonchev–Trinajstić information content (AvgIpc) is 3.30. The van der Waals surface area contributed by atoms with Crippen molar-refractivity contribution in [1.82, 2.24) is 20.2 Å². The van der Waals surface area contributed by atoms with E-state index >= 15 is 0 Å². The number of nitrogen functional groups attached to an aromatic ring is 1. The predicted octanol–water partition coefficient (Wildman–Crippen LogP) is 3.47. The number of thioether (sulfide) groups is 1. The number of hydrogen-bond donors (Lipinski definition) is 2. The molecule has 2 aromatic heterocycles. The molecule has 0 bridgehead atoms. The molecule has 1 atom stereocenters. The van der Waals surface area contributed by atoms with Gasteiger partial charge in [-0.2, -0.15) is 0 Å². The Balaban J connectivity index is 1.60. The van der Waals surface area contributed by atoms with E-state index in [2.05, 4.69) is 22.4 Å². The fraction of sp³-hybridized carbons (Fsp3) is 0.278. The molecule has 1 aromatic carbocycles. The highest BCUT2D eigenvalue weighted by atomic mass is 32.2. The normalized spacial score (nSPS) is 12.0. The lowest BCUT2D eigenvalue weighted by Gasteiger charge is -2.18. The number of nitrogens with one attached hydrogen (secondary N) is 1. The highest BCUT2D eigenvalue weighted by molar-refractivity contribution is 7.99. The second-order valence-corrected chi connectivity index (χ2v) is 7.65. The third kappa shape index (κ3) is 4.44. The molecule has 0 spiro atoms. The number of nitrogens with zero attached hydrogens (tertiary/aromatic N) is 3. The quantitative estimate of drug-likeness (QED) is 0.457. The first-order valence-electron chi connectivity index (χ1n) is 8.40. The van der Waals surface area contributed by atoms with Gasteiger partial charge in [-0.05, 0) is 23.4 Å². The van der Waals surface area contributed by atoms with E-state index in [1.807, 2.05) is 47.8 Å². The Bertz CT molecular complexity index is 833. The molecular formula is C18H21N5OS2. The molecule has 2 heterocycles. The van der Waals surface area contributed by atoms with Gasteiger partial charge in [0.2, 0.25) is 11.1 Å². The number of carbonyl (C=O) groups is 1. The fourth-order valence-corrected chi connectivity index (χ4v) is 3.98. The van der Waals surface area contributed by atoms with Gasteiger partial charge in [0.05, 0.1) is 16.7 Å². The number of benzene rings is 1. The van der Waals surface area contributed by atoms with E-state index in [4.69, 9.17) is 5.84 Å². The number of nitrogens with two attached hydrogens (primary N) is 1. The van der Waals surface area contributed by atoms with E-state index < -0.39 is 0 Å². The standard InChI is InChI=1S/C18H21N5OS2/c1-2-7-14(13-8-4-3-5-9-13)20-16(24)12-26-18-22-21-17(23(18)19)15-10-6-11-25-15/h3-6,8-11,14H,2,7,12,19H2,1H3,(H,20,24)/t14-/m1/s1. The topological polar surface area (TPSA) is 85.8 Å². The molecule has 0 saturated carbocycles. The zero-order valence-electron chi connectivity index (χ0n) is 14.5. The third-order valence-corrected chi connectivity index (χ3v) is 5.66. The Kier molecular flexibility index (Phi) is 6.30. The molecule has 0 unspecified atom stereocenters. The zero-order valence-corrected chi connectivity index (χ0v) is 16.1. The van der Waals surface area contributed by atoms with Crippen LogP contribution in [0.5, 0.6) is 0 Å². The lowest BCUT2D eigenvalue weighted by atomic mass is 10.0. The Morgan fingerprint density at radius 1 is 1.27 bits per heavy atom. The van der Waals surface area contributed by atoms with E-state index in [0.29, 0.717) is 11.0 Å². The average molecular weight is 388 g/mol. The minimum Gasteiger partial charge on any atom is -0.349 e. The highest BCUT2D eigenvalue weighted by Crippen LogP contribution is 2.25. The summed E-state index contributed by atoms with van der Waals surface area (Å²) in [5.41, 5.74) is 1.12. The van der Waals surface area contributed by atoms with Crippen LogP contribution in [-0.4, -0.2) is 26.5 Å². The molecule has 8 heteroatoms. The van der Waals surface area contributed by atoms with Crippen LogP contribution in [0.2, 0.25) is 0 Å². The van der Waals surface area contributed by atoms with Gasteiger partial charge in [0, 0.05) is 0 Å². The van der Waals surface area contributed by atoms with Crippen LogP contribution >= 0.6 is 23.1 Å². The maximum absolute atomic E-state index is 12.4. The van der Waals surface area contributed by atoms with Crippen molar-refractivity contribution in [3.05, 3.63) is 53.4 Å². The number of carbonyl (C=O) groups excluding carboxylic acids is 1. The summed E-state index contributed by atoms with van der Waals surface area (Å²) in [4.78, 5) is 13.3. The van der Waals surface area contributed by atoms with Crippen molar-refractivity contribution in [2.75, 3.05) is 11.6 Å². The fourth-order valence-electron chi connectivity index (χ4n) is 2.61. The summed E-state index contributed by atoms with van der Waals surface area (Å²) in [6.07, 6.45) is 1.89. The van der Waals surface area contributed by atoms with Gasteiger partial charge in [0.25, 0.3) is 0 Å². The van der Waals surface area contributed by atoms with Crippen molar-refractivity contribution < 1.29 is 4.79 Å². The molecule has 3 rings (SSSR count). The monoisotopic (exact) mass is 387 g/mol. The van der Waals surface area contributed by atoms with Crippen molar-refractivity contribution >= 4 is 29.0 Å². The summed E-state index contributed by atoms with van der Waals surface area (Å²) in [5, 5.41) is 13.8. The molecule has 26 heavy (non-hydrogen) atoms. The molecule has 1 amide bonds. The lowest BCUT2D eigenvalue weighted by Crippen LogP contribution is -2.30. The molecular weight excluding hydrogens is 366 g/mol. The zero-order chi connectivity index (χ0) is 18.4. The number of hydrogen-bond acceptors (Lipinski definition) is 6. The third-order valence-electron chi connectivity index (χ3n) is 3.85. The number of amides is 1. The van der Waals surface area contributed by atoms with Crippen molar-refractivity contribution in [3.8, 4) is 10.7 Å². The van der Waals surface area contributed by atoms with Crippen LogP contribution in [0.3, 0.4) is 0 Å². The van der Waals surface area contributed by atoms with Gasteiger partial charge < -0.3 is 11.2 Å². The van der Waals surface area contributed by atoms with Crippen LogP contribution in [0.4, 0.5) is 0 Å². The highest BCUT2D eigenvalue weighted by Gasteiger charge is 2.17. The first-order valence-corrected chi connectivity index (χ1v) is 10.3. The predicted molar refractivity (Wildman–Crippen MR) is 106 cm³/mol. The van der Waals surface area contributed by atoms with Crippen LogP contribution in [0, 0.1) is 0 Å². The van der Waals surface area contributed by atoms with E-state index in [9.17, 15) is 4.79 Å². The molecule has 3 N–H and O–H groups in total. The van der Waals surface area contributed by atoms with E-state index in [0.717, 1.165) is 23.3 Å². The van der Waals surface area contributed by atoms with Gasteiger partial charge in [-0.25, -0.2) is 4.68 Å². The Morgan fingerprint density at radius 3 is 2.77 bits per heavy atom. The molecule has 0 aliphatic carbocycles. The number of thiophene rings is 1. The van der Waals surface area contributed by atoms with Crippen molar-refractivity contribution in [3.63, 3.8) is 0 Å². The van der Waals surface area contributed by atoms with Gasteiger partial charge in [-0.1, -0.05) is 61.5 Å². The molecule has 0 saturated heterocycles. The Labute approximate surface area is 160 Å². The first-order chi connectivity index (χ1) is 12.7. The van der Waals surface area contributed by atoms with Crippen molar-refractivity contribution in [2.45, 2.75) is 31.0 Å². The largest absolute Gasteiger partial charge is 0.349 e. The van der Waals surface area contributed by atoms with Crippen molar-refractivity contribution in [2.24, 2.45) is 0 Å². The lowest BCUT2D eigenvalue weighted by molar-refractivity contribution is -0.119. The van der Waals surface area contributed by atoms with E-state index in [-0.39, 0.29) is 17.7 Å². The van der Waals surface area contributed by atoms with Gasteiger partial charge in [0.1, 0.15) is 0 Å². The summed E-state index contributed by atoms with van der Waals surface area (Å²) < 4.78 is 1.44. The Morgan fingerprint density at radius 2 is 2.08 bits per heavy atom. The summed E-state index contributed by atoms with van der Waals surface area (Å²) in [6.45, 7) is 2.11. The van der Waals surface area contributed by atoms with E-state index in [1.54, 1.807) is 11.3 Å². The number of aromatic nitrogens is 3. The van der Waals surface area contributed by atoms with Crippen LogP contribution in [0.15, 0.2) is 53.0 Å². The molecule has 136 valence electrons. The second kappa shape index (κ2) is 8.86. The molecule has 3 aromatic rings. The first kappa shape index (κ1) is 18.5. The molecule has 0 aliphatic heterocycles.